The molecule has 1 aliphatic rings. The van der Waals surface area contributed by atoms with E-state index in [4.69, 9.17) is 4.74 Å². The zero-order valence-electron chi connectivity index (χ0n) is 10.6. The summed E-state index contributed by atoms with van der Waals surface area (Å²) in [5, 5.41) is 10.1. The van der Waals surface area contributed by atoms with Crippen LogP contribution in [0.1, 0.15) is 30.4 Å². The minimum absolute atomic E-state index is 0.212. The van der Waals surface area contributed by atoms with Crippen LogP contribution in [0.15, 0.2) is 24.3 Å². The van der Waals surface area contributed by atoms with Crippen LogP contribution < -0.4 is 0 Å². The molecule has 1 aromatic carbocycles. The number of aliphatic hydroxyl groups excluding tert-OH is 1. The number of hydrogen-bond acceptors (Lipinski definition) is 2. The van der Waals surface area contributed by atoms with Gasteiger partial charge in [-0.25, -0.2) is 0 Å². The first kappa shape index (κ1) is 12.6. The Morgan fingerprint density at radius 3 is 3.06 bits per heavy atom. The Labute approximate surface area is 104 Å². The lowest BCUT2D eigenvalue weighted by atomic mass is 9.92. The number of aryl methyl sites for hydroxylation is 2. The number of benzene rings is 1. The normalized spacial score (nSPS) is 22.4. The van der Waals surface area contributed by atoms with Gasteiger partial charge in [0.15, 0.2) is 0 Å². The number of aliphatic hydroxyl groups is 1. The van der Waals surface area contributed by atoms with E-state index in [1.54, 1.807) is 0 Å². The Hall–Kier alpha value is -0.860. The third kappa shape index (κ3) is 3.83. The maximum absolute atomic E-state index is 10.1. The van der Waals surface area contributed by atoms with E-state index in [0.717, 1.165) is 38.9 Å². The van der Waals surface area contributed by atoms with E-state index >= 15 is 0 Å². The van der Waals surface area contributed by atoms with Crippen molar-refractivity contribution < 1.29 is 9.84 Å². The van der Waals surface area contributed by atoms with E-state index in [9.17, 15) is 5.11 Å². The van der Waals surface area contributed by atoms with Gasteiger partial charge in [-0.05, 0) is 38.2 Å². The monoisotopic (exact) mass is 234 g/mol. The van der Waals surface area contributed by atoms with Gasteiger partial charge < -0.3 is 9.84 Å². The SMILES string of the molecule is Cc1cccc(CCC(O)C2CCCOC2)c1. The molecule has 0 aliphatic carbocycles. The largest absolute Gasteiger partial charge is 0.393 e. The summed E-state index contributed by atoms with van der Waals surface area (Å²) in [6, 6.07) is 8.52. The molecule has 2 nitrogen and oxygen atoms in total. The molecule has 0 saturated carbocycles. The minimum Gasteiger partial charge on any atom is -0.393 e. The number of hydrogen-bond donors (Lipinski definition) is 1. The van der Waals surface area contributed by atoms with Gasteiger partial charge in [-0.3, -0.25) is 0 Å². The lowest BCUT2D eigenvalue weighted by molar-refractivity contribution is -0.0116. The summed E-state index contributed by atoms with van der Waals surface area (Å²) in [5.74, 6) is 0.341. The summed E-state index contributed by atoms with van der Waals surface area (Å²) in [7, 11) is 0. The van der Waals surface area contributed by atoms with Crippen LogP contribution in [0.5, 0.6) is 0 Å². The van der Waals surface area contributed by atoms with Crippen LogP contribution in [-0.2, 0) is 11.2 Å². The molecule has 0 spiro atoms. The zero-order valence-corrected chi connectivity index (χ0v) is 10.6. The van der Waals surface area contributed by atoms with Gasteiger partial charge in [-0.1, -0.05) is 29.8 Å². The van der Waals surface area contributed by atoms with Crippen molar-refractivity contribution in [2.24, 2.45) is 5.92 Å². The Morgan fingerprint density at radius 1 is 1.47 bits per heavy atom. The Bertz CT molecular complexity index is 343. The van der Waals surface area contributed by atoms with Crippen LogP contribution >= 0.6 is 0 Å². The molecule has 2 heteroatoms. The maximum Gasteiger partial charge on any atom is 0.0593 e. The molecular weight excluding hydrogens is 212 g/mol. The topological polar surface area (TPSA) is 29.5 Å². The summed E-state index contributed by atoms with van der Waals surface area (Å²) in [6.45, 7) is 3.70. The van der Waals surface area contributed by atoms with Gasteiger partial charge in [-0.15, -0.1) is 0 Å². The predicted octanol–water partition coefficient (Wildman–Crippen LogP) is 2.72. The summed E-state index contributed by atoms with van der Waals surface area (Å²) >= 11 is 0. The summed E-state index contributed by atoms with van der Waals surface area (Å²) in [4.78, 5) is 0. The lowest BCUT2D eigenvalue weighted by Crippen LogP contribution is -2.29. The molecule has 2 unspecified atom stereocenters. The molecule has 1 fully saturated rings. The van der Waals surface area contributed by atoms with Crippen molar-refractivity contribution in [3.05, 3.63) is 35.4 Å². The van der Waals surface area contributed by atoms with Crippen LogP contribution in [0.3, 0.4) is 0 Å². The average molecular weight is 234 g/mol. The molecule has 94 valence electrons. The van der Waals surface area contributed by atoms with Gasteiger partial charge in [0.05, 0.1) is 12.7 Å². The van der Waals surface area contributed by atoms with E-state index in [-0.39, 0.29) is 6.10 Å². The maximum atomic E-state index is 10.1. The lowest BCUT2D eigenvalue weighted by Gasteiger charge is -2.26. The first-order chi connectivity index (χ1) is 8.25. The van der Waals surface area contributed by atoms with Crippen molar-refractivity contribution in [3.63, 3.8) is 0 Å². The smallest absolute Gasteiger partial charge is 0.0593 e. The summed E-state index contributed by atoms with van der Waals surface area (Å²) < 4.78 is 5.41. The highest BCUT2D eigenvalue weighted by Crippen LogP contribution is 2.20. The summed E-state index contributed by atoms with van der Waals surface area (Å²) in [5.41, 5.74) is 2.61. The van der Waals surface area contributed by atoms with E-state index in [1.165, 1.54) is 11.1 Å². The highest BCUT2D eigenvalue weighted by atomic mass is 16.5. The van der Waals surface area contributed by atoms with Crippen molar-refractivity contribution in [3.8, 4) is 0 Å². The van der Waals surface area contributed by atoms with E-state index < -0.39 is 0 Å². The molecule has 1 heterocycles. The molecule has 0 amide bonds. The predicted molar refractivity (Wildman–Crippen MR) is 69.0 cm³/mol. The van der Waals surface area contributed by atoms with Crippen LogP contribution in [0.2, 0.25) is 0 Å². The van der Waals surface area contributed by atoms with Gasteiger partial charge in [0.1, 0.15) is 0 Å². The molecule has 0 aromatic heterocycles. The molecule has 0 bridgehead atoms. The standard InChI is InChI=1S/C15H22O2/c1-12-4-2-5-13(10-12)7-8-15(16)14-6-3-9-17-11-14/h2,4-5,10,14-16H,3,6-9,11H2,1H3. The Morgan fingerprint density at radius 2 is 2.35 bits per heavy atom. The van der Waals surface area contributed by atoms with Crippen molar-refractivity contribution in [1.82, 2.24) is 0 Å². The molecule has 1 aromatic rings. The average Bonchev–Trinajstić information content (AvgIpc) is 2.37. The van der Waals surface area contributed by atoms with Gasteiger partial charge >= 0.3 is 0 Å². The second kappa shape index (κ2) is 6.18. The van der Waals surface area contributed by atoms with Gasteiger partial charge in [0, 0.05) is 12.5 Å². The van der Waals surface area contributed by atoms with Crippen LogP contribution in [0, 0.1) is 12.8 Å². The fourth-order valence-corrected chi connectivity index (χ4v) is 2.49. The minimum atomic E-state index is -0.212. The highest BCUT2D eigenvalue weighted by molar-refractivity contribution is 5.22. The fraction of sp³-hybridized carbons (Fsp3) is 0.600. The van der Waals surface area contributed by atoms with E-state index in [2.05, 4.69) is 31.2 Å². The van der Waals surface area contributed by atoms with Crippen molar-refractivity contribution in [1.29, 1.82) is 0 Å². The number of rotatable bonds is 4. The molecule has 1 aliphatic heterocycles. The van der Waals surface area contributed by atoms with Crippen molar-refractivity contribution >= 4 is 0 Å². The number of ether oxygens (including phenoxy) is 1. The summed E-state index contributed by atoms with van der Waals surface area (Å²) in [6.07, 6.45) is 3.79. The van der Waals surface area contributed by atoms with Crippen LogP contribution in [0.25, 0.3) is 0 Å². The quantitative estimate of drug-likeness (QED) is 0.868. The van der Waals surface area contributed by atoms with Gasteiger partial charge in [0.25, 0.3) is 0 Å². The first-order valence-electron chi connectivity index (χ1n) is 6.57. The fourth-order valence-electron chi connectivity index (χ4n) is 2.49. The second-order valence-electron chi connectivity index (χ2n) is 5.07. The first-order valence-corrected chi connectivity index (χ1v) is 6.57. The molecular formula is C15H22O2. The van der Waals surface area contributed by atoms with E-state index in [0.29, 0.717) is 5.92 Å². The molecule has 2 atom stereocenters. The van der Waals surface area contributed by atoms with Crippen molar-refractivity contribution in [2.45, 2.75) is 38.7 Å². The third-order valence-electron chi connectivity index (χ3n) is 3.55. The zero-order chi connectivity index (χ0) is 12.1. The highest BCUT2D eigenvalue weighted by Gasteiger charge is 2.21. The van der Waals surface area contributed by atoms with Crippen LogP contribution in [-0.4, -0.2) is 24.4 Å². The third-order valence-corrected chi connectivity index (χ3v) is 3.55. The van der Waals surface area contributed by atoms with Gasteiger partial charge in [-0.2, -0.15) is 0 Å². The van der Waals surface area contributed by atoms with Crippen molar-refractivity contribution in [2.75, 3.05) is 13.2 Å². The molecule has 1 N–H and O–H groups in total. The second-order valence-corrected chi connectivity index (χ2v) is 5.07. The Kier molecular flexibility index (Phi) is 4.57. The molecule has 1 saturated heterocycles. The van der Waals surface area contributed by atoms with Gasteiger partial charge in [0.2, 0.25) is 0 Å². The molecule has 2 rings (SSSR count). The Balaban J connectivity index is 1.80. The van der Waals surface area contributed by atoms with Crippen LogP contribution in [0.4, 0.5) is 0 Å². The molecule has 17 heavy (non-hydrogen) atoms. The molecule has 0 radical (unpaired) electrons. The van der Waals surface area contributed by atoms with E-state index in [1.807, 2.05) is 0 Å².